The molecule has 0 fully saturated rings. The molecule has 0 spiro atoms. The van der Waals surface area contributed by atoms with E-state index < -0.39 is 0 Å². The topological polar surface area (TPSA) is 50.4 Å². The van der Waals surface area contributed by atoms with Gasteiger partial charge in [0.1, 0.15) is 0 Å². The number of rotatable bonds is 6. The zero-order valence-corrected chi connectivity index (χ0v) is 8.89. The highest BCUT2D eigenvalue weighted by Gasteiger charge is 2.05. The van der Waals surface area contributed by atoms with Crippen LogP contribution in [-0.4, -0.2) is 38.3 Å². The first-order valence-corrected chi connectivity index (χ1v) is 4.58. The molecule has 78 valence electrons. The Kier molecular flexibility index (Phi) is 6.54. The van der Waals surface area contributed by atoms with Crippen molar-refractivity contribution in [1.29, 1.82) is 0 Å². The molecule has 13 heavy (non-hydrogen) atoms. The molecule has 2 N–H and O–H groups in total. The largest absolute Gasteiger partial charge is 0.383 e. The van der Waals surface area contributed by atoms with Crippen molar-refractivity contribution < 1.29 is 9.53 Å². The first-order chi connectivity index (χ1) is 6.06. The first-order valence-electron chi connectivity index (χ1n) is 4.58. The van der Waals surface area contributed by atoms with Gasteiger partial charge in [-0.05, 0) is 20.8 Å². The van der Waals surface area contributed by atoms with E-state index >= 15 is 0 Å². The Morgan fingerprint density at radius 2 is 2.00 bits per heavy atom. The molecule has 1 atom stereocenters. The van der Waals surface area contributed by atoms with E-state index in [0.29, 0.717) is 13.2 Å². The highest BCUT2D eigenvalue weighted by Crippen LogP contribution is 1.82. The Labute approximate surface area is 80.0 Å². The van der Waals surface area contributed by atoms with Gasteiger partial charge in [-0.3, -0.25) is 4.79 Å². The van der Waals surface area contributed by atoms with Gasteiger partial charge >= 0.3 is 0 Å². The Bertz CT molecular complexity index is 149. The second-order valence-corrected chi connectivity index (χ2v) is 3.46. The molecule has 0 radical (unpaired) electrons. The third-order valence-corrected chi connectivity index (χ3v) is 1.48. The molecule has 0 rings (SSSR count). The molecule has 0 heterocycles. The highest BCUT2D eigenvalue weighted by molar-refractivity contribution is 5.78. The lowest BCUT2D eigenvalue weighted by atomic mass is 10.3. The fraction of sp³-hybridized carbons (Fsp3) is 0.889. The minimum Gasteiger partial charge on any atom is -0.383 e. The van der Waals surface area contributed by atoms with Crippen molar-refractivity contribution in [2.24, 2.45) is 0 Å². The maximum absolute atomic E-state index is 11.1. The van der Waals surface area contributed by atoms with Crippen LogP contribution in [0.2, 0.25) is 0 Å². The van der Waals surface area contributed by atoms with Gasteiger partial charge < -0.3 is 15.4 Å². The van der Waals surface area contributed by atoms with Crippen LogP contribution in [0.4, 0.5) is 0 Å². The monoisotopic (exact) mass is 188 g/mol. The smallest absolute Gasteiger partial charge is 0.234 e. The molecule has 4 nitrogen and oxygen atoms in total. The predicted octanol–water partition coefficient (Wildman–Crippen LogP) is 0.136. The molecule has 4 heteroatoms. The van der Waals surface area contributed by atoms with Crippen molar-refractivity contribution in [2.45, 2.75) is 32.9 Å². The zero-order valence-electron chi connectivity index (χ0n) is 8.89. The van der Waals surface area contributed by atoms with E-state index in [-0.39, 0.29) is 18.0 Å². The molecule has 0 saturated heterocycles. The minimum atomic E-state index is 0.0259. The van der Waals surface area contributed by atoms with Crippen LogP contribution in [0, 0.1) is 0 Å². The van der Waals surface area contributed by atoms with Crippen LogP contribution in [-0.2, 0) is 9.53 Å². The van der Waals surface area contributed by atoms with Crippen LogP contribution in [0.3, 0.4) is 0 Å². The zero-order chi connectivity index (χ0) is 10.3. The lowest BCUT2D eigenvalue weighted by Crippen LogP contribution is -2.41. The Balaban J connectivity index is 3.46. The van der Waals surface area contributed by atoms with Crippen LogP contribution >= 0.6 is 0 Å². The van der Waals surface area contributed by atoms with E-state index in [4.69, 9.17) is 4.74 Å². The van der Waals surface area contributed by atoms with E-state index in [2.05, 4.69) is 10.6 Å². The first kappa shape index (κ1) is 12.4. The number of hydrogen-bond donors (Lipinski definition) is 2. The van der Waals surface area contributed by atoms with Gasteiger partial charge in [0.15, 0.2) is 0 Å². The average molecular weight is 188 g/mol. The SMILES string of the molecule is COCC(C)NCC(=O)NC(C)C. The molecular weight excluding hydrogens is 168 g/mol. The standard InChI is InChI=1S/C9H20N2O2/c1-7(2)11-9(12)5-10-8(3)6-13-4/h7-8,10H,5-6H2,1-4H3,(H,11,12). The normalized spacial score (nSPS) is 13.0. The maximum atomic E-state index is 11.1. The van der Waals surface area contributed by atoms with Gasteiger partial charge in [-0.2, -0.15) is 0 Å². The highest BCUT2D eigenvalue weighted by atomic mass is 16.5. The fourth-order valence-corrected chi connectivity index (χ4v) is 0.949. The summed E-state index contributed by atoms with van der Waals surface area (Å²) in [6.07, 6.45) is 0. The Hall–Kier alpha value is -0.610. The molecule has 0 aliphatic rings. The molecule has 1 unspecified atom stereocenters. The summed E-state index contributed by atoms with van der Waals surface area (Å²) >= 11 is 0. The fourth-order valence-electron chi connectivity index (χ4n) is 0.949. The van der Waals surface area contributed by atoms with E-state index in [1.165, 1.54) is 0 Å². The van der Waals surface area contributed by atoms with Gasteiger partial charge in [0, 0.05) is 19.2 Å². The van der Waals surface area contributed by atoms with Gasteiger partial charge in [0.2, 0.25) is 5.91 Å². The summed E-state index contributed by atoms with van der Waals surface area (Å²) in [6.45, 7) is 6.83. The van der Waals surface area contributed by atoms with Gasteiger partial charge in [-0.1, -0.05) is 0 Å². The van der Waals surface area contributed by atoms with Crippen LogP contribution < -0.4 is 10.6 Å². The Morgan fingerprint density at radius 3 is 2.46 bits per heavy atom. The molecule has 1 amide bonds. The number of nitrogens with one attached hydrogen (secondary N) is 2. The molecule has 0 aliphatic heterocycles. The predicted molar refractivity (Wildman–Crippen MR) is 52.6 cm³/mol. The van der Waals surface area contributed by atoms with Gasteiger partial charge in [0.25, 0.3) is 0 Å². The van der Waals surface area contributed by atoms with Crippen LogP contribution in [0.1, 0.15) is 20.8 Å². The van der Waals surface area contributed by atoms with Crippen molar-refractivity contribution in [3.63, 3.8) is 0 Å². The number of carbonyl (C=O) groups excluding carboxylic acids is 1. The van der Waals surface area contributed by atoms with Crippen molar-refractivity contribution in [3.8, 4) is 0 Å². The van der Waals surface area contributed by atoms with E-state index in [9.17, 15) is 4.79 Å². The average Bonchev–Trinajstić information content (AvgIpc) is 2.00. The minimum absolute atomic E-state index is 0.0259. The molecule has 0 aromatic carbocycles. The number of carbonyl (C=O) groups is 1. The molecule has 0 bridgehead atoms. The van der Waals surface area contributed by atoms with Crippen molar-refractivity contribution in [3.05, 3.63) is 0 Å². The number of methoxy groups -OCH3 is 1. The summed E-state index contributed by atoms with van der Waals surface area (Å²) in [5.74, 6) is 0.0259. The summed E-state index contributed by atoms with van der Waals surface area (Å²) in [5.41, 5.74) is 0. The summed E-state index contributed by atoms with van der Waals surface area (Å²) in [4.78, 5) is 11.1. The third-order valence-electron chi connectivity index (χ3n) is 1.48. The van der Waals surface area contributed by atoms with E-state index in [1.807, 2.05) is 20.8 Å². The number of ether oxygens (including phenoxy) is 1. The van der Waals surface area contributed by atoms with Crippen molar-refractivity contribution >= 4 is 5.91 Å². The van der Waals surface area contributed by atoms with Crippen molar-refractivity contribution in [1.82, 2.24) is 10.6 Å². The molecule has 0 saturated carbocycles. The van der Waals surface area contributed by atoms with Crippen LogP contribution in [0.15, 0.2) is 0 Å². The molecule has 0 aromatic heterocycles. The maximum Gasteiger partial charge on any atom is 0.234 e. The van der Waals surface area contributed by atoms with Crippen molar-refractivity contribution in [2.75, 3.05) is 20.3 Å². The molecule has 0 aliphatic carbocycles. The third kappa shape index (κ3) is 7.74. The van der Waals surface area contributed by atoms with Crippen LogP contribution in [0.5, 0.6) is 0 Å². The number of amides is 1. The second-order valence-electron chi connectivity index (χ2n) is 3.46. The van der Waals surface area contributed by atoms with Gasteiger partial charge in [0.05, 0.1) is 13.2 Å². The molecular formula is C9H20N2O2. The van der Waals surface area contributed by atoms with Gasteiger partial charge in [-0.25, -0.2) is 0 Å². The summed E-state index contributed by atoms with van der Waals surface area (Å²) in [6, 6.07) is 0.412. The van der Waals surface area contributed by atoms with E-state index in [0.717, 1.165) is 0 Å². The lowest BCUT2D eigenvalue weighted by molar-refractivity contribution is -0.120. The quantitative estimate of drug-likeness (QED) is 0.623. The van der Waals surface area contributed by atoms with Crippen LogP contribution in [0.25, 0.3) is 0 Å². The molecule has 0 aromatic rings. The van der Waals surface area contributed by atoms with Gasteiger partial charge in [-0.15, -0.1) is 0 Å². The number of hydrogen-bond acceptors (Lipinski definition) is 3. The summed E-state index contributed by atoms with van der Waals surface area (Å²) in [5, 5.41) is 5.85. The second kappa shape index (κ2) is 6.86. The summed E-state index contributed by atoms with van der Waals surface area (Å²) in [7, 11) is 1.65. The summed E-state index contributed by atoms with van der Waals surface area (Å²) < 4.78 is 4.92. The van der Waals surface area contributed by atoms with E-state index in [1.54, 1.807) is 7.11 Å². The lowest BCUT2D eigenvalue weighted by Gasteiger charge is -2.13. The Morgan fingerprint density at radius 1 is 1.38 bits per heavy atom.